The number of nitrogens with one attached hydrogen (secondary N) is 1. The normalized spacial score (nSPS) is 17.3. The molecular formula is C23H21FN3O2+. The summed E-state index contributed by atoms with van der Waals surface area (Å²) < 4.78 is 14.0. The third-order valence-corrected chi connectivity index (χ3v) is 5.90. The van der Waals surface area contributed by atoms with Crippen molar-refractivity contribution in [1.29, 1.82) is 0 Å². The van der Waals surface area contributed by atoms with E-state index in [4.69, 9.17) is 0 Å². The van der Waals surface area contributed by atoms with Crippen molar-refractivity contribution in [3.63, 3.8) is 0 Å². The average molecular weight is 390 g/mol. The third kappa shape index (κ3) is 2.96. The summed E-state index contributed by atoms with van der Waals surface area (Å²) in [5, 5.41) is 1.66. The van der Waals surface area contributed by atoms with E-state index in [0.29, 0.717) is 36.6 Å². The number of hydrogen-bond donors (Lipinski definition) is 1. The molecule has 0 aliphatic carbocycles. The maximum absolute atomic E-state index is 14.0. The van der Waals surface area contributed by atoms with Crippen molar-refractivity contribution in [1.82, 2.24) is 4.90 Å². The van der Waals surface area contributed by atoms with Crippen molar-refractivity contribution in [2.24, 2.45) is 0 Å². The van der Waals surface area contributed by atoms with Crippen LogP contribution in [0.1, 0.15) is 20.7 Å². The van der Waals surface area contributed by atoms with Gasteiger partial charge < -0.3 is 9.80 Å². The molecule has 0 radical (unpaired) electrons. The highest BCUT2D eigenvalue weighted by Gasteiger charge is 2.35. The van der Waals surface area contributed by atoms with Crippen molar-refractivity contribution < 1.29 is 18.9 Å². The summed E-state index contributed by atoms with van der Waals surface area (Å²) in [5.41, 5.74) is 1.78. The number of anilines is 1. The number of imide groups is 1. The van der Waals surface area contributed by atoms with Crippen LogP contribution in [0.2, 0.25) is 0 Å². The molecule has 0 bridgehead atoms. The van der Waals surface area contributed by atoms with E-state index in [-0.39, 0.29) is 17.6 Å². The van der Waals surface area contributed by atoms with Crippen LogP contribution in [-0.4, -0.2) is 49.6 Å². The van der Waals surface area contributed by atoms with Gasteiger partial charge >= 0.3 is 0 Å². The molecule has 6 heteroatoms. The van der Waals surface area contributed by atoms with E-state index in [0.717, 1.165) is 28.8 Å². The Bertz CT molecular complexity index is 1070. The molecule has 1 N–H and O–H groups in total. The topological polar surface area (TPSA) is 45.1 Å². The Morgan fingerprint density at radius 3 is 2.07 bits per heavy atom. The zero-order valence-electron chi connectivity index (χ0n) is 15.9. The van der Waals surface area contributed by atoms with Crippen LogP contribution in [0.4, 0.5) is 10.1 Å². The third-order valence-electron chi connectivity index (χ3n) is 5.90. The van der Waals surface area contributed by atoms with Crippen molar-refractivity contribution in [3.8, 4) is 0 Å². The van der Waals surface area contributed by atoms with Gasteiger partial charge in [-0.15, -0.1) is 0 Å². The summed E-state index contributed by atoms with van der Waals surface area (Å²) in [6.07, 6.45) is 0. The fraction of sp³-hybridized carbons (Fsp3) is 0.217. The zero-order chi connectivity index (χ0) is 20.0. The molecule has 3 aromatic carbocycles. The van der Waals surface area contributed by atoms with E-state index in [1.54, 1.807) is 24.3 Å². The zero-order valence-corrected chi connectivity index (χ0v) is 15.9. The van der Waals surface area contributed by atoms with Crippen LogP contribution in [0.3, 0.4) is 0 Å². The molecule has 0 saturated carbocycles. The van der Waals surface area contributed by atoms with Crippen LogP contribution < -0.4 is 9.80 Å². The Kier molecular flexibility index (Phi) is 4.28. The quantitative estimate of drug-likeness (QED) is 0.696. The highest BCUT2D eigenvalue weighted by atomic mass is 19.1. The molecule has 0 aromatic heterocycles. The molecule has 2 aliphatic rings. The first-order valence-electron chi connectivity index (χ1n) is 9.84. The van der Waals surface area contributed by atoms with Crippen LogP contribution >= 0.6 is 0 Å². The maximum Gasteiger partial charge on any atom is 0.265 e. The predicted molar refractivity (Wildman–Crippen MR) is 109 cm³/mol. The van der Waals surface area contributed by atoms with Gasteiger partial charge in [-0.3, -0.25) is 9.59 Å². The fourth-order valence-corrected chi connectivity index (χ4v) is 4.38. The molecule has 0 spiro atoms. The summed E-state index contributed by atoms with van der Waals surface area (Å²) in [5.74, 6) is -0.686. The minimum Gasteiger partial charge on any atom is -0.358 e. The van der Waals surface area contributed by atoms with Crippen LogP contribution in [0.15, 0.2) is 60.7 Å². The molecule has 29 heavy (non-hydrogen) atoms. The number of halogens is 1. The van der Waals surface area contributed by atoms with E-state index in [1.165, 1.54) is 11.0 Å². The second-order valence-electron chi connectivity index (χ2n) is 7.59. The van der Waals surface area contributed by atoms with Gasteiger partial charge in [-0.25, -0.2) is 9.29 Å². The SMILES string of the molecule is O=C1c2cccc3cccc(c23)C(=O)N1C[NH+]1CCN(c2ccccc2F)CC1. The predicted octanol–water partition coefficient (Wildman–Crippen LogP) is 1.94. The molecule has 0 atom stereocenters. The van der Waals surface area contributed by atoms with E-state index in [9.17, 15) is 14.0 Å². The molecule has 5 rings (SSSR count). The summed E-state index contributed by atoms with van der Waals surface area (Å²) in [4.78, 5) is 30.6. The number of benzene rings is 3. The fourth-order valence-electron chi connectivity index (χ4n) is 4.38. The Morgan fingerprint density at radius 2 is 1.45 bits per heavy atom. The summed E-state index contributed by atoms with van der Waals surface area (Å²) in [6, 6.07) is 17.9. The molecule has 0 unspecified atom stereocenters. The first-order chi connectivity index (χ1) is 14.1. The lowest BCUT2D eigenvalue weighted by molar-refractivity contribution is -0.907. The molecule has 2 heterocycles. The van der Waals surface area contributed by atoms with Crippen molar-refractivity contribution in [2.45, 2.75) is 0 Å². The summed E-state index contributed by atoms with van der Waals surface area (Å²) >= 11 is 0. The number of para-hydroxylation sites is 1. The number of carbonyl (C=O) groups is 2. The molecule has 146 valence electrons. The van der Waals surface area contributed by atoms with E-state index >= 15 is 0 Å². The number of hydrogen-bond acceptors (Lipinski definition) is 3. The lowest BCUT2D eigenvalue weighted by atomic mass is 9.94. The molecule has 1 saturated heterocycles. The van der Waals surface area contributed by atoms with E-state index in [2.05, 4.69) is 0 Å². The Labute approximate surface area is 167 Å². The first kappa shape index (κ1) is 17.8. The molecular weight excluding hydrogens is 369 g/mol. The number of rotatable bonds is 3. The summed E-state index contributed by atoms with van der Waals surface area (Å²) in [7, 11) is 0. The molecule has 5 nitrogen and oxygen atoms in total. The van der Waals surface area contributed by atoms with Crippen molar-refractivity contribution >= 4 is 28.3 Å². The summed E-state index contributed by atoms with van der Waals surface area (Å²) in [6.45, 7) is 3.15. The number of nitrogens with zero attached hydrogens (tertiary/aromatic N) is 2. The monoisotopic (exact) mass is 390 g/mol. The molecule has 2 amide bonds. The van der Waals surface area contributed by atoms with E-state index in [1.807, 2.05) is 35.2 Å². The van der Waals surface area contributed by atoms with Crippen LogP contribution in [0.25, 0.3) is 10.8 Å². The lowest BCUT2D eigenvalue weighted by Gasteiger charge is -2.36. The van der Waals surface area contributed by atoms with Gasteiger partial charge in [0.25, 0.3) is 11.8 Å². The van der Waals surface area contributed by atoms with Gasteiger partial charge in [-0.2, -0.15) is 0 Å². The number of quaternary nitrogens is 1. The highest BCUT2D eigenvalue weighted by molar-refractivity contribution is 6.25. The number of piperazine rings is 1. The number of amides is 2. The van der Waals surface area contributed by atoms with Gasteiger partial charge in [0, 0.05) is 16.5 Å². The Morgan fingerprint density at radius 1 is 0.828 bits per heavy atom. The van der Waals surface area contributed by atoms with Crippen molar-refractivity contribution in [2.75, 3.05) is 37.7 Å². The maximum atomic E-state index is 14.0. The number of carbonyl (C=O) groups excluding carboxylic acids is 2. The Balaban J connectivity index is 1.34. The van der Waals surface area contributed by atoms with Crippen LogP contribution in [-0.2, 0) is 0 Å². The standard InChI is InChI=1S/C23H20FN3O2/c24-19-9-1-2-10-20(19)26-13-11-25(12-14-26)15-27-22(28)17-7-3-5-16-6-4-8-18(21(16)17)23(27)29/h1-10H,11-15H2/p+1. The van der Waals surface area contributed by atoms with E-state index < -0.39 is 0 Å². The average Bonchev–Trinajstić information content (AvgIpc) is 2.76. The Hall–Kier alpha value is -3.25. The lowest BCUT2D eigenvalue weighted by Crippen LogP contribution is -3.16. The van der Waals surface area contributed by atoms with Crippen LogP contribution in [0, 0.1) is 5.82 Å². The van der Waals surface area contributed by atoms with Crippen molar-refractivity contribution in [3.05, 3.63) is 77.6 Å². The van der Waals surface area contributed by atoms with Gasteiger partial charge in [0.05, 0.1) is 31.9 Å². The first-order valence-corrected chi connectivity index (χ1v) is 9.84. The highest BCUT2D eigenvalue weighted by Crippen LogP contribution is 2.29. The minimum absolute atomic E-state index is 0.220. The largest absolute Gasteiger partial charge is 0.358 e. The molecule has 1 fully saturated rings. The smallest absolute Gasteiger partial charge is 0.265 e. The minimum atomic E-state index is -0.233. The molecule has 2 aliphatic heterocycles. The van der Waals surface area contributed by atoms with Gasteiger partial charge in [0.2, 0.25) is 0 Å². The van der Waals surface area contributed by atoms with Gasteiger partial charge in [0.15, 0.2) is 6.67 Å². The molecule has 3 aromatic rings. The second-order valence-corrected chi connectivity index (χ2v) is 7.59. The van der Waals surface area contributed by atoms with Gasteiger partial charge in [-0.1, -0.05) is 36.4 Å². The van der Waals surface area contributed by atoms with Crippen LogP contribution in [0.5, 0.6) is 0 Å². The van der Waals surface area contributed by atoms with Gasteiger partial charge in [0.1, 0.15) is 5.82 Å². The second kappa shape index (κ2) is 6.97. The van der Waals surface area contributed by atoms with Gasteiger partial charge in [-0.05, 0) is 29.7 Å².